The fraction of sp³-hybridized carbons (Fsp3) is 0.833. The summed E-state index contributed by atoms with van der Waals surface area (Å²) >= 11 is 0. The lowest BCUT2D eigenvalue weighted by molar-refractivity contribution is 0.199. The first kappa shape index (κ1) is 14.1. The van der Waals surface area contributed by atoms with Crippen molar-refractivity contribution in [3.05, 3.63) is 11.7 Å². The molecule has 1 aromatic heterocycles. The molecular weight excluding hydrogens is 218 g/mol. The van der Waals surface area contributed by atoms with E-state index in [0.717, 1.165) is 18.7 Å². The lowest BCUT2D eigenvalue weighted by Crippen LogP contribution is -2.29. The van der Waals surface area contributed by atoms with Gasteiger partial charge in [-0.15, -0.1) is 0 Å². The third kappa shape index (κ3) is 5.28. The molecule has 98 valence electrons. The van der Waals surface area contributed by atoms with Gasteiger partial charge in [0.1, 0.15) is 0 Å². The van der Waals surface area contributed by atoms with Gasteiger partial charge in [0.05, 0.1) is 6.61 Å². The van der Waals surface area contributed by atoms with Crippen LogP contribution in [-0.4, -0.2) is 36.9 Å². The van der Waals surface area contributed by atoms with Crippen molar-refractivity contribution < 1.29 is 9.26 Å². The number of likely N-dealkylation sites (N-methyl/N-ethyl adjacent to an activating group) is 1. The van der Waals surface area contributed by atoms with E-state index in [1.165, 1.54) is 0 Å². The van der Waals surface area contributed by atoms with Gasteiger partial charge in [-0.1, -0.05) is 19.0 Å². The Morgan fingerprint density at radius 2 is 2.18 bits per heavy atom. The minimum Gasteiger partial charge on any atom is -0.384 e. The van der Waals surface area contributed by atoms with Crippen LogP contribution in [-0.2, 0) is 17.6 Å². The van der Waals surface area contributed by atoms with E-state index in [4.69, 9.17) is 9.26 Å². The SMILES string of the molecule is CNC(Cc1nc(CCOC)no1)CC(C)C. The highest BCUT2D eigenvalue weighted by atomic mass is 16.5. The van der Waals surface area contributed by atoms with Gasteiger partial charge in [0, 0.05) is 26.0 Å². The van der Waals surface area contributed by atoms with Gasteiger partial charge in [-0.3, -0.25) is 0 Å². The van der Waals surface area contributed by atoms with Crippen molar-refractivity contribution in [1.82, 2.24) is 15.5 Å². The van der Waals surface area contributed by atoms with Crippen LogP contribution < -0.4 is 5.32 Å². The number of aromatic nitrogens is 2. The second kappa shape index (κ2) is 7.40. The molecule has 0 bridgehead atoms. The van der Waals surface area contributed by atoms with E-state index in [9.17, 15) is 0 Å². The van der Waals surface area contributed by atoms with E-state index >= 15 is 0 Å². The summed E-state index contributed by atoms with van der Waals surface area (Å²) in [4.78, 5) is 4.35. The molecule has 0 amide bonds. The minimum absolute atomic E-state index is 0.394. The molecule has 1 rings (SSSR count). The zero-order valence-corrected chi connectivity index (χ0v) is 11.2. The molecule has 0 radical (unpaired) electrons. The summed E-state index contributed by atoms with van der Waals surface area (Å²) in [5, 5.41) is 7.21. The Kier molecular flexibility index (Phi) is 6.15. The van der Waals surface area contributed by atoms with Gasteiger partial charge >= 0.3 is 0 Å². The molecular formula is C12H23N3O2. The van der Waals surface area contributed by atoms with Crippen LogP contribution in [0.15, 0.2) is 4.52 Å². The average molecular weight is 241 g/mol. The highest BCUT2D eigenvalue weighted by molar-refractivity contribution is 4.89. The van der Waals surface area contributed by atoms with Crippen LogP contribution in [0, 0.1) is 5.92 Å². The topological polar surface area (TPSA) is 60.2 Å². The van der Waals surface area contributed by atoms with Crippen LogP contribution in [0.25, 0.3) is 0 Å². The second-order valence-corrected chi connectivity index (χ2v) is 4.67. The van der Waals surface area contributed by atoms with Crippen LogP contribution in [0.4, 0.5) is 0 Å². The smallest absolute Gasteiger partial charge is 0.228 e. The Hall–Kier alpha value is -0.940. The largest absolute Gasteiger partial charge is 0.384 e. The lowest BCUT2D eigenvalue weighted by Gasteiger charge is -2.15. The van der Waals surface area contributed by atoms with Crippen LogP contribution in [0.5, 0.6) is 0 Å². The molecule has 1 heterocycles. The molecule has 0 aliphatic carbocycles. The summed E-state index contributed by atoms with van der Waals surface area (Å²) in [6.07, 6.45) is 2.59. The monoisotopic (exact) mass is 241 g/mol. The predicted molar refractivity (Wildman–Crippen MR) is 65.9 cm³/mol. The van der Waals surface area contributed by atoms with Gasteiger partial charge in [0.2, 0.25) is 5.89 Å². The Morgan fingerprint density at radius 3 is 2.76 bits per heavy atom. The number of rotatable bonds is 8. The van der Waals surface area contributed by atoms with E-state index in [2.05, 4.69) is 29.3 Å². The van der Waals surface area contributed by atoms with Gasteiger partial charge < -0.3 is 14.6 Å². The van der Waals surface area contributed by atoms with Crippen molar-refractivity contribution >= 4 is 0 Å². The zero-order valence-electron chi connectivity index (χ0n) is 11.2. The van der Waals surface area contributed by atoms with E-state index < -0.39 is 0 Å². The van der Waals surface area contributed by atoms with Crippen molar-refractivity contribution in [3.63, 3.8) is 0 Å². The van der Waals surface area contributed by atoms with Gasteiger partial charge in [-0.05, 0) is 19.4 Å². The Balaban J connectivity index is 2.46. The van der Waals surface area contributed by atoms with Crippen LogP contribution in [0.1, 0.15) is 32.0 Å². The number of nitrogens with one attached hydrogen (secondary N) is 1. The third-order valence-corrected chi connectivity index (χ3v) is 2.63. The van der Waals surface area contributed by atoms with Crippen LogP contribution >= 0.6 is 0 Å². The molecule has 0 fully saturated rings. The Labute approximate surface area is 103 Å². The first-order valence-electron chi connectivity index (χ1n) is 6.13. The number of nitrogens with zero attached hydrogens (tertiary/aromatic N) is 2. The third-order valence-electron chi connectivity index (χ3n) is 2.63. The quantitative estimate of drug-likeness (QED) is 0.746. The second-order valence-electron chi connectivity index (χ2n) is 4.67. The van der Waals surface area contributed by atoms with Gasteiger partial charge in [-0.2, -0.15) is 4.98 Å². The van der Waals surface area contributed by atoms with Crippen molar-refractivity contribution in [2.45, 2.75) is 39.2 Å². The van der Waals surface area contributed by atoms with E-state index in [-0.39, 0.29) is 0 Å². The van der Waals surface area contributed by atoms with E-state index in [0.29, 0.717) is 30.9 Å². The average Bonchev–Trinajstić information content (AvgIpc) is 2.72. The highest BCUT2D eigenvalue weighted by Crippen LogP contribution is 2.09. The Morgan fingerprint density at radius 1 is 1.41 bits per heavy atom. The van der Waals surface area contributed by atoms with Crippen molar-refractivity contribution in [1.29, 1.82) is 0 Å². The molecule has 5 nitrogen and oxygen atoms in total. The molecule has 0 aliphatic rings. The fourth-order valence-corrected chi connectivity index (χ4v) is 1.75. The molecule has 5 heteroatoms. The maximum atomic E-state index is 5.22. The van der Waals surface area contributed by atoms with Crippen LogP contribution in [0.3, 0.4) is 0 Å². The molecule has 0 aromatic carbocycles. The van der Waals surface area contributed by atoms with Crippen molar-refractivity contribution in [2.24, 2.45) is 5.92 Å². The molecule has 1 unspecified atom stereocenters. The predicted octanol–water partition coefficient (Wildman–Crippen LogP) is 1.44. The molecule has 1 N–H and O–H groups in total. The maximum Gasteiger partial charge on any atom is 0.228 e. The molecule has 1 aromatic rings. The van der Waals surface area contributed by atoms with Crippen molar-refractivity contribution in [2.75, 3.05) is 20.8 Å². The van der Waals surface area contributed by atoms with Gasteiger partial charge in [0.25, 0.3) is 0 Å². The summed E-state index contributed by atoms with van der Waals surface area (Å²) in [7, 11) is 3.63. The molecule has 1 atom stereocenters. The fourth-order valence-electron chi connectivity index (χ4n) is 1.75. The van der Waals surface area contributed by atoms with Crippen LogP contribution in [0.2, 0.25) is 0 Å². The standard InChI is InChI=1S/C12H23N3O2/c1-9(2)7-10(13-3)8-12-14-11(15-17-12)5-6-16-4/h9-10,13H,5-8H2,1-4H3. The van der Waals surface area contributed by atoms with Gasteiger partial charge in [-0.25, -0.2) is 0 Å². The summed E-state index contributed by atoms with van der Waals surface area (Å²) < 4.78 is 10.2. The van der Waals surface area contributed by atoms with E-state index in [1.807, 2.05) is 7.05 Å². The number of hydrogen-bond donors (Lipinski definition) is 1. The highest BCUT2D eigenvalue weighted by Gasteiger charge is 2.14. The summed E-state index contributed by atoms with van der Waals surface area (Å²) in [5.74, 6) is 2.08. The first-order chi connectivity index (χ1) is 8.15. The molecule has 0 saturated heterocycles. The normalized spacial score (nSPS) is 13.2. The van der Waals surface area contributed by atoms with Gasteiger partial charge in [0.15, 0.2) is 5.82 Å². The summed E-state index contributed by atoms with van der Waals surface area (Å²) in [5.41, 5.74) is 0. The lowest BCUT2D eigenvalue weighted by atomic mass is 10.0. The number of methoxy groups -OCH3 is 1. The molecule has 0 saturated carbocycles. The zero-order chi connectivity index (χ0) is 12.7. The summed E-state index contributed by atoms with van der Waals surface area (Å²) in [6, 6.07) is 0.394. The number of ether oxygens (including phenoxy) is 1. The molecule has 17 heavy (non-hydrogen) atoms. The number of hydrogen-bond acceptors (Lipinski definition) is 5. The molecule has 0 spiro atoms. The maximum absolute atomic E-state index is 5.22. The van der Waals surface area contributed by atoms with E-state index in [1.54, 1.807) is 7.11 Å². The molecule has 0 aliphatic heterocycles. The Bertz CT molecular complexity index is 312. The minimum atomic E-state index is 0.394. The first-order valence-corrected chi connectivity index (χ1v) is 6.13. The van der Waals surface area contributed by atoms with Crippen molar-refractivity contribution in [3.8, 4) is 0 Å². The summed E-state index contributed by atoms with van der Waals surface area (Å²) in [6.45, 7) is 5.05.